The van der Waals surface area contributed by atoms with Crippen molar-refractivity contribution in [2.24, 2.45) is 5.92 Å². The topological polar surface area (TPSA) is 72.2 Å². The van der Waals surface area contributed by atoms with E-state index in [9.17, 15) is 8.42 Å². The number of rotatable bonds is 4. The fourth-order valence-corrected chi connectivity index (χ4v) is 2.86. The van der Waals surface area contributed by atoms with Gasteiger partial charge in [-0.1, -0.05) is 6.42 Å². The summed E-state index contributed by atoms with van der Waals surface area (Å²) in [6.45, 7) is 2.15. The molecule has 0 radical (unpaired) electrons. The molecule has 0 bridgehead atoms. The number of nitrogens with one attached hydrogen (secondary N) is 1. The van der Waals surface area contributed by atoms with Crippen molar-refractivity contribution in [3.8, 4) is 0 Å². The summed E-state index contributed by atoms with van der Waals surface area (Å²) in [7, 11) is -3.19. The molecule has 1 fully saturated rings. The first-order chi connectivity index (χ1) is 8.38. The highest BCUT2D eigenvalue weighted by molar-refractivity contribution is 7.90. The molecule has 5 heteroatoms. The average molecular weight is 268 g/mol. The van der Waals surface area contributed by atoms with Crippen LogP contribution in [0.4, 0.5) is 11.4 Å². The molecule has 4 nitrogen and oxygen atoms in total. The number of benzene rings is 1. The summed E-state index contributed by atoms with van der Waals surface area (Å²) in [4.78, 5) is 0.266. The van der Waals surface area contributed by atoms with Gasteiger partial charge < -0.3 is 11.1 Å². The van der Waals surface area contributed by atoms with Crippen LogP contribution >= 0.6 is 0 Å². The van der Waals surface area contributed by atoms with Gasteiger partial charge in [-0.05, 0) is 43.9 Å². The first kappa shape index (κ1) is 13.2. The van der Waals surface area contributed by atoms with Crippen molar-refractivity contribution in [2.75, 3.05) is 17.3 Å². The van der Waals surface area contributed by atoms with Gasteiger partial charge in [-0.3, -0.25) is 0 Å². The van der Waals surface area contributed by atoms with Crippen LogP contribution in [0, 0.1) is 5.92 Å². The summed E-state index contributed by atoms with van der Waals surface area (Å²) in [5.74, 6) is 0.707. The van der Waals surface area contributed by atoms with Crippen LogP contribution in [-0.2, 0) is 9.84 Å². The van der Waals surface area contributed by atoms with E-state index in [1.54, 1.807) is 12.1 Å². The molecule has 1 aliphatic rings. The van der Waals surface area contributed by atoms with Crippen LogP contribution in [0.15, 0.2) is 23.1 Å². The van der Waals surface area contributed by atoms with Crippen LogP contribution in [0.25, 0.3) is 0 Å². The van der Waals surface area contributed by atoms with E-state index in [1.807, 2.05) is 0 Å². The summed E-state index contributed by atoms with van der Waals surface area (Å²) in [6.07, 6.45) is 5.01. The van der Waals surface area contributed by atoms with Crippen molar-refractivity contribution in [1.29, 1.82) is 0 Å². The molecule has 1 saturated carbocycles. The summed E-state index contributed by atoms with van der Waals surface area (Å²) in [5.41, 5.74) is 7.21. The first-order valence-electron chi connectivity index (χ1n) is 6.24. The van der Waals surface area contributed by atoms with Crippen LogP contribution in [-0.4, -0.2) is 20.7 Å². The molecule has 0 aromatic heterocycles. The van der Waals surface area contributed by atoms with Gasteiger partial charge in [0.2, 0.25) is 0 Å². The Kier molecular flexibility index (Phi) is 3.52. The van der Waals surface area contributed by atoms with E-state index in [-0.39, 0.29) is 4.90 Å². The van der Waals surface area contributed by atoms with E-state index in [2.05, 4.69) is 12.2 Å². The quantitative estimate of drug-likeness (QED) is 0.822. The van der Waals surface area contributed by atoms with Crippen molar-refractivity contribution < 1.29 is 8.42 Å². The Morgan fingerprint density at radius 2 is 2.06 bits per heavy atom. The second-order valence-electron chi connectivity index (χ2n) is 5.15. The van der Waals surface area contributed by atoms with Crippen LogP contribution in [0.5, 0.6) is 0 Å². The maximum absolute atomic E-state index is 11.4. The monoisotopic (exact) mass is 268 g/mol. The van der Waals surface area contributed by atoms with E-state index in [1.165, 1.54) is 31.6 Å². The summed E-state index contributed by atoms with van der Waals surface area (Å²) >= 11 is 0. The third-order valence-electron chi connectivity index (χ3n) is 3.69. The lowest BCUT2D eigenvalue weighted by atomic mass is 9.80. The maximum atomic E-state index is 11.4. The molecule has 18 heavy (non-hydrogen) atoms. The lowest BCUT2D eigenvalue weighted by Gasteiger charge is -2.32. The molecule has 1 unspecified atom stereocenters. The molecule has 2 rings (SSSR count). The van der Waals surface area contributed by atoms with Gasteiger partial charge in [-0.2, -0.15) is 0 Å². The average Bonchev–Trinajstić information content (AvgIpc) is 2.16. The largest absolute Gasteiger partial charge is 0.397 e. The Labute approximate surface area is 108 Å². The minimum atomic E-state index is -3.19. The lowest BCUT2D eigenvalue weighted by Crippen LogP contribution is -2.31. The molecule has 100 valence electrons. The molecule has 0 heterocycles. The number of sulfone groups is 1. The maximum Gasteiger partial charge on any atom is 0.175 e. The molecular formula is C13H20N2O2S. The number of anilines is 2. The summed E-state index contributed by atoms with van der Waals surface area (Å²) in [5, 5.41) is 3.37. The Morgan fingerprint density at radius 1 is 1.39 bits per heavy atom. The number of nitrogen functional groups attached to an aromatic ring is 1. The highest BCUT2D eigenvalue weighted by Gasteiger charge is 2.24. The zero-order valence-electron chi connectivity index (χ0n) is 10.8. The van der Waals surface area contributed by atoms with E-state index in [0.717, 1.165) is 5.69 Å². The first-order valence-corrected chi connectivity index (χ1v) is 8.13. The number of hydrogen-bond acceptors (Lipinski definition) is 4. The molecule has 0 amide bonds. The van der Waals surface area contributed by atoms with E-state index < -0.39 is 9.84 Å². The van der Waals surface area contributed by atoms with Crippen molar-refractivity contribution in [3.05, 3.63) is 18.2 Å². The standard InChI is InChI=1S/C13H20N2O2S/c1-9(10-4-3-5-10)15-13-7-6-11(8-12(13)14)18(2,16)17/h6-10,15H,3-5,14H2,1-2H3. The number of hydrogen-bond donors (Lipinski definition) is 2. The molecule has 1 atom stereocenters. The van der Waals surface area contributed by atoms with Crippen LogP contribution < -0.4 is 11.1 Å². The Morgan fingerprint density at radius 3 is 2.50 bits per heavy atom. The van der Waals surface area contributed by atoms with Gasteiger partial charge in [-0.15, -0.1) is 0 Å². The molecular weight excluding hydrogens is 248 g/mol. The highest BCUT2D eigenvalue weighted by atomic mass is 32.2. The second kappa shape index (κ2) is 4.80. The van der Waals surface area contributed by atoms with Gasteiger partial charge in [0, 0.05) is 12.3 Å². The van der Waals surface area contributed by atoms with Crippen molar-refractivity contribution >= 4 is 21.2 Å². The van der Waals surface area contributed by atoms with Gasteiger partial charge in [0.15, 0.2) is 9.84 Å². The molecule has 1 aliphatic carbocycles. The minimum Gasteiger partial charge on any atom is -0.397 e. The minimum absolute atomic E-state index is 0.266. The Balaban J connectivity index is 2.14. The van der Waals surface area contributed by atoms with E-state index >= 15 is 0 Å². The second-order valence-corrected chi connectivity index (χ2v) is 7.16. The summed E-state index contributed by atoms with van der Waals surface area (Å²) < 4.78 is 22.8. The van der Waals surface area contributed by atoms with Gasteiger partial charge >= 0.3 is 0 Å². The smallest absolute Gasteiger partial charge is 0.175 e. The molecule has 1 aromatic carbocycles. The van der Waals surface area contributed by atoms with Crippen LogP contribution in [0.1, 0.15) is 26.2 Å². The van der Waals surface area contributed by atoms with E-state index in [4.69, 9.17) is 5.73 Å². The van der Waals surface area contributed by atoms with Crippen molar-refractivity contribution in [2.45, 2.75) is 37.1 Å². The van der Waals surface area contributed by atoms with Gasteiger partial charge in [-0.25, -0.2) is 8.42 Å². The molecule has 3 N–H and O–H groups in total. The molecule has 0 saturated heterocycles. The third kappa shape index (κ3) is 2.77. The predicted molar refractivity (Wildman–Crippen MR) is 74.4 cm³/mol. The fraction of sp³-hybridized carbons (Fsp3) is 0.538. The highest BCUT2D eigenvalue weighted by Crippen LogP contribution is 2.32. The van der Waals surface area contributed by atoms with Crippen LogP contribution in [0.3, 0.4) is 0 Å². The Hall–Kier alpha value is -1.23. The zero-order chi connectivity index (χ0) is 13.3. The van der Waals surface area contributed by atoms with Crippen LogP contribution in [0.2, 0.25) is 0 Å². The van der Waals surface area contributed by atoms with Crippen molar-refractivity contribution in [3.63, 3.8) is 0 Å². The number of nitrogens with two attached hydrogens (primary N) is 1. The lowest BCUT2D eigenvalue weighted by molar-refractivity contribution is 0.285. The molecule has 0 aliphatic heterocycles. The normalized spacial score (nSPS) is 18.1. The SMILES string of the molecule is CC(Nc1ccc(S(C)(=O)=O)cc1N)C1CCC1. The fourth-order valence-electron chi connectivity index (χ4n) is 2.21. The van der Waals surface area contributed by atoms with Gasteiger partial charge in [0.1, 0.15) is 0 Å². The predicted octanol–water partition coefficient (Wildman–Crippen LogP) is 2.27. The van der Waals surface area contributed by atoms with Gasteiger partial charge in [0.25, 0.3) is 0 Å². The third-order valence-corrected chi connectivity index (χ3v) is 4.80. The Bertz CT molecular complexity index is 536. The van der Waals surface area contributed by atoms with Crippen molar-refractivity contribution in [1.82, 2.24) is 0 Å². The summed E-state index contributed by atoms with van der Waals surface area (Å²) in [6, 6.07) is 5.25. The molecule has 1 aromatic rings. The zero-order valence-corrected chi connectivity index (χ0v) is 11.6. The van der Waals surface area contributed by atoms with Gasteiger partial charge in [0.05, 0.1) is 16.3 Å². The van der Waals surface area contributed by atoms with E-state index in [0.29, 0.717) is 17.6 Å². The molecule has 0 spiro atoms.